The molecule has 1 atom stereocenters. The molecule has 1 N–H and O–H groups in total. The molecule has 1 aromatic rings. The van der Waals surface area contributed by atoms with Crippen molar-refractivity contribution in [1.82, 2.24) is 5.32 Å². The second-order valence-corrected chi connectivity index (χ2v) is 4.83. The molecule has 0 saturated heterocycles. The largest absolute Gasteiger partial charge is 0.371 e. The van der Waals surface area contributed by atoms with Crippen LogP contribution >= 0.6 is 0 Å². The lowest BCUT2D eigenvalue weighted by molar-refractivity contribution is 0.00835. The van der Waals surface area contributed by atoms with Gasteiger partial charge in [0.2, 0.25) is 0 Å². The van der Waals surface area contributed by atoms with Gasteiger partial charge in [-0.1, -0.05) is 38.1 Å². The summed E-state index contributed by atoms with van der Waals surface area (Å²) in [7, 11) is 1.96. The van der Waals surface area contributed by atoms with Gasteiger partial charge in [0.1, 0.15) is 0 Å². The Balaban J connectivity index is 2.39. The Kier molecular flexibility index (Phi) is 2.81. The van der Waals surface area contributed by atoms with Gasteiger partial charge >= 0.3 is 0 Å². The average molecular weight is 205 g/mol. The Morgan fingerprint density at radius 3 is 2.87 bits per heavy atom. The summed E-state index contributed by atoms with van der Waals surface area (Å²) in [6.07, 6.45) is 0.208. The van der Waals surface area contributed by atoms with E-state index in [4.69, 9.17) is 4.74 Å². The molecule has 0 radical (unpaired) electrons. The molecule has 2 heteroatoms. The van der Waals surface area contributed by atoms with Crippen LogP contribution in [0.2, 0.25) is 0 Å². The molecule has 82 valence electrons. The first kappa shape index (κ1) is 10.7. The third-order valence-corrected chi connectivity index (χ3v) is 3.07. The van der Waals surface area contributed by atoms with E-state index in [0.717, 1.165) is 13.2 Å². The highest BCUT2D eigenvalue weighted by Gasteiger charge is 2.32. The molecule has 0 unspecified atom stereocenters. The van der Waals surface area contributed by atoms with Crippen LogP contribution in [0, 0.1) is 0 Å². The molecule has 0 spiro atoms. The van der Waals surface area contributed by atoms with Crippen molar-refractivity contribution >= 4 is 0 Å². The smallest absolute Gasteiger partial charge is 0.0952 e. The van der Waals surface area contributed by atoms with E-state index < -0.39 is 0 Å². The van der Waals surface area contributed by atoms with Gasteiger partial charge in [-0.2, -0.15) is 0 Å². The number of ether oxygens (including phenoxy) is 1. The molecule has 1 aromatic carbocycles. The van der Waals surface area contributed by atoms with Crippen LogP contribution in [0.4, 0.5) is 0 Å². The zero-order chi connectivity index (χ0) is 10.9. The van der Waals surface area contributed by atoms with Crippen LogP contribution in [0.1, 0.15) is 31.1 Å². The molecule has 1 aliphatic rings. The highest BCUT2D eigenvalue weighted by Crippen LogP contribution is 2.37. The van der Waals surface area contributed by atoms with Crippen LogP contribution in [0.3, 0.4) is 0 Å². The second-order valence-electron chi connectivity index (χ2n) is 4.83. The van der Waals surface area contributed by atoms with Crippen LogP contribution in [-0.2, 0) is 10.2 Å². The van der Waals surface area contributed by atoms with Crippen LogP contribution in [0.25, 0.3) is 0 Å². The fourth-order valence-electron chi connectivity index (χ4n) is 2.22. The van der Waals surface area contributed by atoms with E-state index in [1.807, 2.05) is 7.05 Å². The molecule has 0 bridgehead atoms. The van der Waals surface area contributed by atoms with Crippen molar-refractivity contribution in [3.63, 3.8) is 0 Å². The molecule has 2 rings (SSSR count). The minimum Gasteiger partial charge on any atom is -0.371 e. The van der Waals surface area contributed by atoms with Crippen molar-refractivity contribution < 1.29 is 4.74 Å². The molecule has 0 saturated carbocycles. The number of fused-ring (bicyclic) bond motifs is 1. The van der Waals surface area contributed by atoms with Crippen molar-refractivity contribution in [2.45, 2.75) is 25.4 Å². The summed E-state index contributed by atoms with van der Waals surface area (Å²) < 4.78 is 5.90. The Morgan fingerprint density at radius 2 is 2.13 bits per heavy atom. The Morgan fingerprint density at radius 1 is 1.40 bits per heavy atom. The van der Waals surface area contributed by atoms with Crippen molar-refractivity contribution in [1.29, 1.82) is 0 Å². The topological polar surface area (TPSA) is 21.3 Å². The number of benzene rings is 1. The van der Waals surface area contributed by atoms with Crippen LogP contribution in [0.15, 0.2) is 24.3 Å². The van der Waals surface area contributed by atoms with Crippen LogP contribution < -0.4 is 5.32 Å². The quantitative estimate of drug-likeness (QED) is 0.799. The van der Waals surface area contributed by atoms with Gasteiger partial charge in [0.25, 0.3) is 0 Å². The van der Waals surface area contributed by atoms with E-state index in [1.54, 1.807) is 0 Å². The predicted octanol–water partition coefficient (Wildman–Crippen LogP) is 2.25. The highest BCUT2D eigenvalue weighted by molar-refractivity contribution is 5.37. The van der Waals surface area contributed by atoms with E-state index in [0.29, 0.717) is 0 Å². The van der Waals surface area contributed by atoms with E-state index in [-0.39, 0.29) is 11.5 Å². The van der Waals surface area contributed by atoms with Crippen molar-refractivity contribution in [3.8, 4) is 0 Å². The third kappa shape index (κ3) is 1.92. The van der Waals surface area contributed by atoms with Crippen LogP contribution in [-0.4, -0.2) is 20.2 Å². The molecule has 0 fully saturated rings. The maximum Gasteiger partial charge on any atom is 0.0952 e. The molecular formula is C13H19NO. The van der Waals surface area contributed by atoms with Crippen molar-refractivity contribution in [2.75, 3.05) is 20.2 Å². The minimum absolute atomic E-state index is 0.140. The van der Waals surface area contributed by atoms with E-state index in [1.165, 1.54) is 11.1 Å². The molecule has 15 heavy (non-hydrogen) atoms. The van der Waals surface area contributed by atoms with Gasteiger partial charge in [0, 0.05) is 12.0 Å². The number of hydrogen-bond donors (Lipinski definition) is 1. The van der Waals surface area contributed by atoms with Gasteiger partial charge < -0.3 is 10.1 Å². The third-order valence-electron chi connectivity index (χ3n) is 3.07. The molecule has 1 aliphatic heterocycles. The molecule has 0 aliphatic carbocycles. The van der Waals surface area contributed by atoms with Gasteiger partial charge in [-0.05, 0) is 18.2 Å². The first-order valence-electron chi connectivity index (χ1n) is 5.51. The fourth-order valence-corrected chi connectivity index (χ4v) is 2.22. The summed E-state index contributed by atoms with van der Waals surface area (Å²) in [6.45, 7) is 6.16. The van der Waals surface area contributed by atoms with E-state index >= 15 is 0 Å². The lowest BCUT2D eigenvalue weighted by atomic mass is 9.79. The highest BCUT2D eigenvalue weighted by atomic mass is 16.5. The second kappa shape index (κ2) is 3.95. The Labute approximate surface area is 91.6 Å². The summed E-state index contributed by atoms with van der Waals surface area (Å²) in [4.78, 5) is 0. The summed E-state index contributed by atoms with van der Waals surface area (Å²) in [6, 6.07) is 8.60. The van der Waals surface area contributed by atoms with Gasteiger partial charge in [0.15, 0.2) is 0 Å². The molecular weight excluding hydrogens is 186 g/mol. The maximum absolute atomic E-state index is 5.90. The van der Waals surface area contributed by atoms with Crippen molar-refractivity contribution in [2.24, 2.45) is 0 Å². The lowest BCUT2D eigenvalue weighted by Gasteiger charge is -2.37. The Hall–Kier alpha value is -0.860. The number of hydrogen-bond acceptors (Lipinski definition) is 2. The Bertz CT molecular complexity index is 346. The summed E-state index contributed by atoms with van der Waals surface area (Å²) in [5.41, 5.74) is 2.90. The van der Waals surface area contributed by atoms with Gasteiger partial charge in [0.05, 0.1) is 12.7 Å². The lowest BCUT2D eigenvalue weighted by Crippen LogP contribution is -2.35. The normalized spacial score (nSPS) is 23.5. The summed E-state index contributed by atoms with van der Waals surface area (Å²) in [5, 5.41) is 3.18. The molecule has 0 amide bonds. The number of nitrogens with one attached hydrogen (secondary N) is 1. The van der Waals surface area contributed by atoms with E-state index in [2.05, 4.69) is 43.4 Å². The molecule has 0 aromatic heterocycles. The minimum atomic E-state index is 0.140. The standard InChI is InChI=1S/C13H19NO/c1-13(2)9-15-12(8-14-3)10-6-4-5-7-11(10)13/h4-7,12,14H,8-9H2,1-3H3/t12-/m1/s1. The fraction of sp³-hybridized carbons (Fsp3) is 0.538. The van der Waals surface area contributed by atoms with Gasteiger partial charge in [-0.25, -0.2) is 0 Å². The zero-order valence-corrected chi connectivity index (χ0v) is 9.71. The number of likely N-dealkylation sites (N-methyl/N-ethyl adjacent to an activating group) is 1. The van der Waals surface area contributed by atoms with Gasteiger partial charge in [-0.3, -0.25) is 0 Å². The predicted molar refractivity (Wildman–Crippen MR) is 62.1 cm³/mol. The monoisotopic (exact) mass is 205 g/mol. The van der Waals surface area contributed by atoms with Crippen molar-refractivity contribution in [3.05, 3.63) is 35.4 Å². The van der Waals surface area contributed by atoms with Gasteiger partial charge in [-0.15, -0.1) is 0 Å². The first-order chi connectivity index (χ1) is 7.15. The first-order valence-corrected chi connectivity index (χ1v) is 5.51. The SMILES string of the molecule is CNC[C@H]1OCC(C)(C)c2ccccc21. The van der Waals surface area contributed by atoms with E-state index in [9.17, 15) is 0 Å². The average Bonchev–Trinajstić information content (AvgIpc) is 2.23. The summed E-state index contributed by atoms with van der Waals surface area (Å²) >= 11 is 0. The van der Waals surface area contributed by atoms with Crippen LogP contribution in [0.5, 0.6) is 0 Å². The zero-order valence-electron chi connectivity index (χ0n) is 9.71. The summed E-state index contributed by atoms with van der Waals surface area (Å²) in [5.74, 6) is 0. The molecule has 2 nitrogen and oxygen atoms in total. The number of rotatable bonds is 2. The maximum atomic E-state index is 5.90. The molecule has 1 heterocycles.